The first-order valence-electron chi connectivity index (χ1n) is 8.41. The van der Waals surface area contributed by atoms with Gasteiger partial charge in [-0.1, -0.05) is 48.5 Å². The third-order valence-corrected chi connectivity index (χ3v) is 4.15. The molecule has 0 amide bonds. The summed E-state index contributed by atoms with van der Waals surface area (Å²) in [5.41, 5.74) is 9.99. The van der Waals surface area contributed by atoms with Gasteiger partial charge in [-0.3, -0.25) is 10.8 Å². The lowest BCUT2D eigenvalue weighted by molar-refractivity contribution is 0.564. The maximum absolute atomic E-state index is 6.64. The highest BCUT2D eigenvalue weighted by Gasteiger charge is 2.32. The predicted octanol–water partition coefficient (Wildman–Crippen LogP) is 2.94. The van der Waals surface area contributed by atoms with E-state index in [1.54, 1.807) is 0 Å². The number of aliphatic imine (C=N–C) groups is 1. The van der Waals surface area contributed by atoms with Gasteiger partial charge in [0.1, 0.15) is 5.69 Å². The van der Waals surface area contributed by atoms with E-state index >= 15 is 0 Å². The van der Waals surface area contributed by atoms with Crippen LogP contribution in [0.1, 0.15) is 17.0 Å². The molecule has 0 bridgehead atoms. The first-order chi connectivity index (χ1) is 12.6. The minimum atomic E-state index is -1.07. The summed E-state index contributed by atoms with van der Waals surface area (Å²) in [6, 6.07) is 21.8. The lowest BCUT2D eigenvalue weighted by Crippen LogP contribution is -2.44. The molecule has 1 unspecified atom stereocenters. The van der Waals surface area contributed by atoms with Gasteiger partial charge in [-0.25, -0.2) is 4.99 Å². The number of nitrogens with zero attached hydrogens (tertiary/aromatic N) is 2. The Kier molecular flexibility index (Phi) is 4.02. The Labute approximate surface area is 151 Å². The fourth-order valence-electron chi connectivity index (χ4n) is 2.87. The fraction of sp³-hybridized carbons (Fsp3) is 0.100. The van der Waals surface area contributed by atoms with Crippen LogP contribution < -0.4 is 16.4 Å². The molecule has 0 spiro atoms. The van der Waals surface area contributed by atoms with E-state index in [0.717, 1.165) is 22.6 Å². The highest BCUT2D eigenvalue weighted by Crippen LogP contribution is 2.28. The van der Waals surface area contributed by atoms with E-state index in [0.29, 0.717) is 11.7 Å². The lowest BCUT2D eigenvalue weighted by Gasteiger charge is -2.29. The van der Waals surface area contributed by atoms with E-state index in [1.165, 1.54) is 0 Å². The van der Waals surface area contributed by atoms with E-state index < -0.39 is 5.66 Å². The van der Waals surface area contributed by atoms with Gasteiger partial charge in [0.25, 0.3) is 0 Å². The summed E-state index contributed by atoms with van der Waals surface area (Å²) in [4.78, 5) is 4.68. The molecule has 1 atom stereocenters. The van der Waals surface area contributed by atoms with Crippen LogP contribution in [0.15, 0.2) is 77.8 Å². The predicted molar refractivity (Wildman–Crippen MR) is 104 cm³/mol. The average molecular weight is 344 g/mol. The van der Waals surface area contributed by atoms with E-state index in [-0.39, 0.29) is 0 Å². The van der Waals surface area contributed by atoms with Crippen molar-refractivity contribution in [1.29, 1.82) is 0 Å². The van der Waals surface area contributed by atoms with Gasteiger partial charge in [0.15, 0.2) is 5.66 Å². The number of para-hydroxylation sites is 1. The number of rotatable bonds is 3. The summed E-state index contributed by atoms with van der Waals surface area (Å²) < 4.78 is 0. The number of aromatic amines is 1. The Bertz CT molecular complexity index is 958. The molecule has 0 saturated carbocycles. The van der Waals surface area contributed by atoms with E-state index in [2.05, 4.69) is 25.8 Å². The first kappa shape index (κ1) is 16.1. The standard InChI is InChI=1S/C20H20N6/c1-14-12-18(26-25-14)20(21)13-17(15-8-4-2-5-9-15)23-19(24-20)22-16-10-6-3-7-11-16/h2-13H,21H2,1H3,(H,25,26)(H2,22,23,24). The number of hydrogen-bond donors (Lipinski definition) is 4. The van der Waals surface area contributed by atoms with E-state index in [4.69, 9.17) is 5.73 Å². The van der Waals surface area contributed by atoms with Crippen molar-refractivity contribution >= 4 is 17.3 Å². The van der Waals surface area contributed by atoms with Crippen molar-refractivity contribution in [1.82, 2.24) is 15.5 Å². The summed E-state index contributed by atoms with van der Waals surface area (Å²) in [5.74, 6) is 0.570. The van der Waals surface area contributed by atoms with Gasteiger partial charge in [-0.05, 0) is 36.8 Å². The van der Waals surface area contributed by atoms with Crippen molar-refractivity contribution in [2.24, 2.45) is 10.7 Å². The molecule has 0 radical (unpaired) electrons. The zero-order chi connectivity index (χ0) is 18.0. The molecular formula is C20H20N6. The van der Waals surface area contributed by atoms with Gasteiger partial charge in [0.2, 0.25) is 5.96 Å². The molecule has 6 nitrogen and oxygen atoms in total. The molecule has 1 aliphatic heterocycles. The summed E-state index contributed by atoms with van der Waals surface area (Å²) >= 11 is 0. The van der Waals surface area contributed by atoms with Crippen LogP contribution in [-0.2, 0) is 5.66 Å². The van der Waals surface area contributed by atoms with Crippen molar-refractivity contribution in [3.05, 3.63) is 89.8 Å². The van der Waals surface area contributed by atoms with E-state index in [1.807, 2.05) is 79.7 Å². The highest BCUT2D eigenvalue weighted by atomic mass is 15.3. The van der Waals surface area contributed by atoms with Crippen molar-refractivity contribution < 1.29 is 0 Å². The number of nitrogens with two attached hydrogens (primary N) is 1. The molecule has 0 fully saturated rings. The minimum absolute atomic E-state index is 0.570. The molecular weight excluding hydrogens is 324 g/mol. The topological polar surface area (TPSA) is 91.1 Å². The summed E-state index contributed by atoms with van der Waals surface area (Å²) in [5, 5.41) is 13.9. The summed E-state index contributed by atoms with van der Waals surface area (Å²) in [7, 11) is 0. The second kappa shape index (κ2) is 6.50. The van der Waals surface area contributed by atoms with Gasteiger partial charge < -0.3 is 10.6 Å². The molecule has 0 saturated heterocycles. The monoisotopic (exact) mass is 344 g/mol. The Balaban J connectivity index is 1.75. The molecule has 6 heteroatoms. The second-order valence-electron chi connectivity index (χ2n) is 6.26. The Morgan fingerprint density at radius 1 is 1.00 bits per heavy atom. The second-order valence-corrected chi connectivity index (χ2v) is 6.26. The highest BCUT2D eigenvalue weighted by molar-refractivity contribution is 6.00. The molecule has 0 aliphatic carbocycles. The Morgan fingerprint density at radius 3 is 2.35 bits per heavy atom. The normalized spacial score (nSPS) is 19.3. The van der Waals surface area contributed by atoms with Crippen LogP contribution in [-0.4, -0.2) is 16.2 Å². The molecule has 4 rings (SSSR count). The van der Waals surface area contributed by atoms with Crippen molar-refractivity contribution in [2.45, 2.75) is 12.6 Å². The van der Waals surface area contributed by atoms with Crippen LogP contribution in [0.3, 0.4) is 0 Å². The zero-order valence-electron chi connectivity index (χ0n) is 14.4. The summed E-state index contributed by atoms with van der Waals surface area (Å²) in [6.07, 6.45) is 1.90. The van der Waals surface area contributed by atoms with Gasteiger partial charge in [0.05, 0.1) is 0 Å². The van der Waals surface area contributed by atoms with Gasteiger partial charge in [-0.15, -0.1) is 0 Å². The minimum Gasteiger partial charge on any atom is -0.326 e. The number of guanidine groups is 1. The Morgan fingerprint density at radius 2 is 1.69 bits per heavy atom. The van der Waals surface area contributed by atoms with Crippen molar-refractivity contribution in [2.75, 3.05) is 5.32 Å². The fourth-order valence-corrected chi connectivity index (χ4v) is 2.87. The maximum Gasteiger partial charge on any atom is 0.202 e. The molecule has 1 aliphatic rings. The molecule has 1 aromatic heterocycles. The third kappa shape index (κ3) is 3.22. The quantitative estimate of drug-likeness (QED) is 0.588. The largest absolute Gasteiger partial charge is 0.326 e. The van der Waals surface area contributed by atoms with Crippen LogP contribution in [0.4, 0.5) is 5.69 Å². The maximum atomic E-state index is 6.64. The number of hydrogen-bond acceptors (Lipinski definition) is 5. The molecule has 130 valence electrons. The van der Waals surface area contributed by atoms with Crippen LogP contribution in [0, 0.1) is 6.92 Å². The number of benzene rings is 2. The van der Waals surface area contributed by atoms with Gasteiger partial charge in [-0.2, -0.15) is 5.10 Å². The molecule has 2 heterocycles. The van der Waals surface area contributed by atoms with Gasteiger partial charge in [0, 0.05) is 17.1 Å². The SMILES string of the molecule is Cc1cc(C2(N)C=C(c3ccccc3)NC(Nc3ccccc3)=N2)n[nH]1. The van der Waals surface area contributed by atoms with Crippen LogP contribution in [0.2, 0.25) is 0 Å². The van der Waals surface area contributed by atoms with Crippen LogP contribution in [0.5, 0.6) is 0 Å². The molecule has 5 N–H and O–H groups in total. The van der Waals surface area contributed by atoms with Crippen LogP contribution in [0.25, 0.3) is 5.70 Å². The number of H-pyrrole nitrogens is 1. The smallest absolute Gasteiger partial charge is 0.202 e. The zero-order valence-corrected chi connectivity index (χ0v) is 14.4. The molecule has 3 aromatic rings. The number of aromatic nitrogens is 2. The molecule has 2 aromatic carbocycles. The number of nitrogens with one attached hydrogen (secondary N) is 3. The average Bonchev–Trinajstić information content (AvgIpc) is 3.10. The first-order valence-corrected chi connectivity index (χ1v) is 8.41. The number of anilines is 1. The number of aryl methyl sites for hydroxylation is 1. The Hall–Kier alpha value is -3.38. The molecule has 26 heavy (non-hydrogen) atoms. The van der Waals surface area contributed by atoms with Crippen molar-refractivity contribution in [3.63, 3.8) is 0 Å². The van der Waals surface area contributed by atoms with E-state index in [9.17, 15) is 0 Å². The lowest BCUT2D eigenvalue weighted by atomic mass is 10.0. The van der Waals surface area contributed by atoms with Crippen molar-refractivity contribution in [3.8, 4) is 0 Å². The summed E-state index contributed by atoms with van der Waals surface area (Å²) in [6.45, 7) is 1.94. The van der Waals surface area contributed by atoms with Crippen LogP contribution >= 0.6 is 0 Å². The van der Waals surface area contributed by atoms with Gasteiger partial charge >= 0.3 is 0 Å². The third-order valence-electron chi connectivity index (χ3n) is 4.15.